The molecule has 1 aromatic heterocycles. The molecule has 0 aromatic carbocycles. The molecule has 110 valence electrons. The van der Waals surface area contributed by atoms with Gasteiger partial charge in [0, 0.05) is 16.8 Å². The van der Waals surface area contributed by atoms with Crippen molar-refractivity contribution in [2.75, 3.05) is 6.54 Å². The van der Waals surface area contributed by atoms with Gasteiger partial charge in [-0.25, -0.2) is 4.98 Å². The molecule has 0 bridgehead atoms. The molecule has 20 heavy (non-hydrogen) atoms. The number of carbonyl (C=O) groups excluding carboxylic acids is 2. The molecule has 1 aromatic rings. The number of hydrogen-bond acceptors (Lipinski definition) is 3. The summed E-state index contributed by atoms with van der Waals surface area (Å²) in [6.07, 6.45) is 0.686. The lowest BCUT2D eigenvalue weighted by atomic mass is 10.1. The second-order valence-electron chi connectivity index (χ2n) is 5.50. The summed E-state index contributed by atoms with van der Waals surface area (Å²) in [7, 11) is 0. The molecule has 0 unspecified atom stereocenters. The Morgan fingerprint density at radius 2 is 1.95 bits per heavy atom. The quantitative estimate of drug-likeness (QED) is 0.834. The molecule has 5 nitrogen and oxygen atoms in total. The van der Waals surface area contributed by atoms with Gasteiger partial charge in [0.25, 0.3) is 5.91 Å². The van der Waals surface area contributed by atoms with Crippen LogP contribution in [0.25, 0.3) is 0 Å². The number of nitrogens with one attached hydrogen (secondary N) is 2. The van der Waals surface area contributed by atoms with E-state index in [4.69, 9.17) is 11.6 Å². The summed E-state index contributed by atoms with van der Waals surface area (Å²) in [5.74, 6) is -0.574. The Hall–Kier alpha value is -1.62. The van der Waals surface area contributed by atoms with E-state index >= 15 is 0 Å². The number of nitrogens with zero attached hydrogens (tertiary/aromatic N) is 1. The molecule has 1 rings (SSSR count). The Balaban J connectivity index is 2.63. The average molecular weight is 298 g/mol. The fourth-order valence-electron chi connectivity index (χ4n) is 1.59. The number of hydrogen-bond donors (Lipinski definition) is 2. The summed E-state index contributed by atoms with van der Waals surface area (Å²) in [4.78, 5) is 27.7. The maximum absolute atomic E-state index is 12.0. The number of amides is 2. The highest BCUT2D eigenvalue weighted by molar-refractivity contribution is 6.29. The summed E-state index contributed by atoms with van der Waals surface area (Å²) in [6.45, 7) is 7.49. The third-order valence-corrected chi connectivity index (χ3v) is 2.59. The highest BCUT2D eigenvalue weighted by atomic mass is 35.5. The minimum absolute atomic E-state index is 0.0719. The van der Waals surface area contributed by atoms with Gasteiger partial charge < -0.3 is 10.6 Å². The van der Waals surface area contributed by atoms with Crippen LogP contribution < -0.4 is 10.6 Å². The third-order valence-electron chi connectivity index (χ3n) is 2.40. The molecule has 0 aliphatic carbocycles. The molecule has 0 spiro atoms. The van der Waals surface area contributed by atoms with Crippen LogP contribution in [0.5, 0.6) is 0 Å². The van der Waals surface area contributed by atoms with Crippen molar-refractivity contribution in [1.82, 2.24) is 15.6 Å². The van der Waals surface area contributed by atoms with E-state index in [-0.39, 0.29) is 29.1 Å². The van der Waals surface area contributed by atoms with Crippen LogP contribution >= 0.6 is 11.6 Å². The molecule has 0 aliphatic heterocycles. The zero-order valence-electron chi connectivity index (χ0n) is 12.2. The first-order valence-electron chi connectivity index (χ1n) is 6.47. The Bertz CT molecular complexity index is 510. The average Bonchev–Trinajstić information content (AvgIpc) is 2.33. The molecular weight excluding hydrogens is 278 g/mol. The molecule has 0 saturated heterocycles. The first-order valence-corrected chi connectivity index (χ1v) is 6.84. The molecule has 2 amide bonds. The largest absolute Gasteiger partial charge is 0.350 e. The minimum Gasteiger partial charge on any atom is -0.350 e. The lowest BCUT2D eigenvalue weighted by Crippen LogP contribution is -2.45. The lowest BCUT2D eigenvalue weighted by Gasteiger charge is -2.20. The maximum atomic E-state index is 12.0. The van der Waals surface area contributed by atoms with Gasteiger partial charge in [0.1, 0.15) is 5.15 Å². The van der Waals surface area contributed by atoms with Gasteiger partial charge in [-0.2, -0.15) is 0 Å². The monoisotopic (exact) mass is 297 g/mol. The zero-order chi connectivity index (χ0) is 15.3. The molecule has 0 aliphatic rings. The van der Waals surface area contributed by atoms with Gasteiger partial charge in [-0.1, -0.05) is 18.5 Å². The molecule has 0 fully saturated rings. The highest BCUT2D eigenvalue weighted by Gasteiger charge is 2.15. The highest BCUT2D eigenvalue weighted by Crippen LogP contribution is 2.11. The van der Waals surface area contributed by atoms with E-state index in [9.17, 15) is 9.59 Å². The van der Waals surface area contributed by atoms with E-state index in [0.717, 1.165) is 5.69 Å². The van der Waals surface area contributed by atoms with Crippen LogP contribution in [0.1, 0.15) is 43.7 Å². The van der Waals surface area contributed by atoms with Crippen molar-refractivity contribution in [2.45, 2.75) is 39.7 Å². The Morgan fingerprint density at radius 3 is 2.50 bits per heavy atom. The van der Waals surface area contributed by atoms with Gasteiger partial charge in [-0.3, -0.25) is 9.59 Å². The van der Waals surface area contributed by atoms with Gasteiger partial charge in [-0.05, 0) is 39.3 Å². The SMILES string of the molecule is CCc1cc(C(=O)NCC(=O)NC(C)(C)C)cc(Cl)n1. The standard InChI is InChI=1S/C14H20ClN3O2/c1-5-10-6-9(7-11(15)17-10)13(20)16-8-12(19)18-14(2,3)4/h6-7H,5,8H2,1-4H3,(H,16,20)(H,18,19). The second kappa shape index (κ2) is 6.70. The van der Waals surface area contributed by atoms with Crippen molar-refractivity contribution in [2.24, 2.45) is 0 Å². The van der Waals surface area contributed by atoms with Crippen LogP contribution in [-0.2, 0) is 11.2 Å². The zero-order valence-corrected chi connectivity index (χ0v) is 13.0. The number of carbonyl (C=O) groups is 2. The smallest absolute Gasteiger partial charge is 0.251 e. The van der Waals surface area contributed by atoms with E-state index in [1.165, 1.54) is 6.07 Å². The normalized spacial score (nSPS) is 11.1. The van der Waals surface area contributed by atoms with Gasteiger partial charge >= 0.3 is 0 Å². The summed E-state index contributed by atoms with van der Waals surface area (Å²) < 4.78 is 0. The Kier molecular flexibility index (Phi) is 5.51. The van der Waals surface area contributed by atoms with Crippen molar-refractivity contribution >= 4 is 23.4 Å². The van der Waals surface area contributed by atoms with Crippen LogP contribution in [-0.4, -0.2) is 28.9 Å². The van der Waals surface area contributed by atoms with Gasteiger partial charge in [-0.15, -0.1) is 0 Å². The Labute approximate surface area is 124 Å². The molecular formula is C14H20ClN3O2. The summed E-state index contributed by atoms with van der Waals surface area (Å²) in [5.41, 5.74) is 0.823. The third kappa shape index (κ3) is 5.57. The predicted molar refractivity (Wildman–Crippen MR) is 78.9 cm³/mol. The summed E-state index contributed by atoms with van der Waals surface area (Å²) in [6, 6.07) is 3.15. The fraction of sp³-hybridized carbons (Fsp3) is 0.500. The number of aryl methyl sites for hydroxylation is 1. The minimum atomic E-state index is -0.340. The van der Waals surface area contributed by atoms with Crippen LogP contribution in [0.15, 0.2) is 12.1 Å². The van der Waals surface area contributed by atoms with Crippen molar-refractivity contribution in [1.29, 1.82) is 0 Å². The summed E-state index contributed by atoms with van der Waals surface area (Å²) in [5, 5.41) is 5.60. The van der Waals surface area contributed by atoms with Crippen molar-refractivity contribution < 1.29 is 9.59 Å². The van der Waals surface area contributed by atoms with E-state index in [2.05, 4.69) is 15.6 Å². The second-order valence-corrected chi connectivity index (χ2v) is 5.89. The fourth-order valence-corrected chi connectivity index (χ4v) is 1.81. The molecule has 1 heterocycles. The number of halogens is 1. The van der Waals surface area contributed by atoms with Crippen molar-refractivity contribution in [3.63, 3.8) is 0 Å². The van der Waals surface area contributed by atoms with E-state index in [1.807, 2.05) is 27.7 Å². The van der Waals surface area contributed by atoms with E-state index < -0.39 is 0 Å². The van der Waals surface area contributed by atoms with Crippen LogP contribution in [0.4, 0.5) is 0 Å². The van der Waals surface area contributed by atoms with E-state index in [0.29, 0.717) is 12.0 Å². The summed E-state index contributed by atoms with van der Waals surface area (Å²) >= 11 is 5.85. The molecule has 0 saturated carbocycles. The number of aromatic nitrogens is 1. The van der Waals surface area contributed by atoms with Gasteiger partial charge in [0.15, 0.2) is 0 Å². The van der Waals surface area contributed by atoms with Gasteiger partial charge in [0.2, 0.25) is 5.91 Å². The van der Waals surface area contributed by atoms with Crippen LogP contribution in [0, 0.1) is 0 Å². The first kappa shape index (κ1) is 16.4. The molecule has 2 N–H and O–H groups in total. The lowest BCUT2D eigenvalue weighted by molar-refractivity contribution is -0.121. The number of pyridine rings is 1. The van der Waals surface area contributed by atoms with Crippen LogP contribution in [0.3, 0.4) is 0 Å². The number of rotatable bonds is 4. The molecule has 6 heteroatoms. The first-order chi connectivity index (χ1) is 9.21. The van der Waals surface area contributed by atoms with Crippen LogP contribution in [0.2, 0.25) is 5.15 Å². The topological polar surface area (TPSA) is 71.1 Å². The van der Waals surface area contributed by atoms with Crippen molar-refractivity contribution in [3.05, 3.63) is 28.5 Å². The van der Waals surface area contributed by atoms with Crippen molar-refractivity contribution in [3.8, 4) is 0 Å². The van der Waals surface area contributed by atoms with Gasteiger partial charge in [0.05, 0.1) is 6.54 Å². The van der Waals surface area contributed by atoms with E-state index in [1.54, 1.807) is 6.07 Å². The predicted octanol–water partition coefficient (Wildman–Crippen LogP) is 1.94. The maximum Gasteiger partial charge on any atom is 0.251 e. The molecule has 0 atom stereocenters. The molecule has 0 radical (unpaired) electrons. The Morgan fingerprint density at radius 1 is 1.30 bits per heavy atom.